The Labute approximate surface area is 97.1 Å². The Hall–Kier alpha value is -1.92. The number of thiophene rings is 1. The molecule has 0 aliphatic rings. The van der Waals surface area contributed by atoms with E-state index in [-0.39, 0.29) is 5.82 Å². The molecule has 1 aromatic heterocycles. The number of nitriles is 1. The number of hydrogen-bond donors (Lipinski definition) is 0. The average Bonchev–Trinajstić information content (AvgIpc) is 2.81. The third-order valence-corrected chi connectivity index (χ3v) is 3.02. The summed E-state index contributed by atoms with van der Waals surface area (Å²) in [5.74, 6) is -0.313. The molecule has 2 rings (SSSR count). The summed E-state index contributed by atoms with van der Waals surface area (Å²) in [6.07, 6.45) is 1.57. The monoisotopic (exact) mass is 229 g/mol. The average molecular weight is 229 g/mol. The Morgan fingerprint density at radius 1 is 1.25 bits per heavy atom. The Balaban J connectivity index is 2.44. The standard InChI is InChI=1S/C13H8FNS/c14-12-5-2-1-4-10(12)8-11(9-15)13-6-3-7-16-13/h1-8H/b11-8-. The molecular weight excluding hydrogens is 221 g/mol. The van der Waals surface area contributed by atoms with E-state index in [1.807, 2.05) is 17.5 Å². The Morgan fingerprint density at radius 2 is 2.06 bits per heavy atom. The Bertz CT molecular complexity index is 550. The molecule has 1 heterocycles. The van der Waals surface area contributed by atoms with Crippen molar-refractivity contribution in [3.8, 4) is 6.07 Å². The topological polar surface area (TPSA) is 23.8 Å². The van der Waals surface area contributed by atoms with Gasteiger partial charge in [-0.2, -0.15) is 5.26 Å². The van der Waals surface area contributed by atoms with Gasteiger partial charge in [-0.1, -0.05) is 24.3 Å². The van der Waals surface area contributed by atoms with Crippen molar-refractivity contribution in [3.05, 3.63) is 58.0 Å². The lowest BCUT2D eigenvalue weighted by molar-refractivity contribution is 0.625. The maximum absolute atomic E-state index is 13.4. The molecule has 0 fully saturated rings. The minimum atomic E-state index is -0.313. The van der Waals surface area contributed by atoms with Gasteiger partial charge in [-0.15, -0.1) is 11.3 Å². The number of benzene rings is 1. The van der Waals surface area contributed by atoms with Crippen molar-refractivity contribution in [2.45, 2.75) is 0 Å². The molecule has 0 N–H and O–H groups in total. The maximum Gasteiger partial charge on any atom is 0.130 e. The molecule has 0 saturated heterocycles. The van der Waals surface area contributed by atoms with Crippen LogP contribution in [0, 0.1) is 17.1 Å². The van der Waals surface area contributed by atoms with Gasteiger partial charge in [0.05, 0.1) is 5.57 Å². The molecule has 1 aromatic carbocycles. The lowest BCUT2D eigenvalue weighted by atomic mass is 10.1. The van der Waals surface area contributed by atoms with E-state index in [1.54, 1.807) is 24.3 Å². The minimum Gasteiger partial charge on any atom is -0.206 e. The molecule has 0 aliphatic heterocycles. The predicted octanol–water partition coefficient (Wildman–Crippen LogP) is 3.95. The highest BCUT2D eigenvalue weighted by Crippen LogP contribution is 2.22. The smallest absolute Gasteiger partial charge is 0.130 e. The van der Waals surface area contributed by atoms with E-state index in [0.717, 1.165) is 4.88 Å². The van der Waals surface area contributed by atoms with E-state index < -0.39 is 0 Å². The Kier molecular flexibility index (Phi) is 3.13. The van der Waals surface area contributed by atoms with Gasteiger partial charge in [0.25, 0.3) is 0 Å². The second-order valence-electron chi connectivity index (χ2n) is 3.17. The van der Waals surface area contributed by atoms with Crippen LogP contribution in [-0.4, -0.2) is 0 Å². The van der Waals surface area contributed by atoms with Crippen LogP contribution >= 0.6 is 11.3 Å². The third-order valence-electron chi connectivity index (χ3n) is 2.11. The number of rotatable bonds is 2. The van der Waals surface area contributed by atoms with Gasteiger partial charge >= 0.3 is 0 Å². The first kappa shape index (κ1) is 10.6. The van der Waals surface area contributed by atoms with Gasteiger partial charge in [0, 0.05) is 10.4 Å². The predicted molar refractivity (Wildman–Crippen MR) is 64.2 cm³/mol. The van der Waals surface area contributed by atoms with Crippen LogP contribution in [0.1, 0.15) is 10.4 Å². The number of allylic oxidation sites excluding steroid dienone is 1. The van der Waals surface area contributed by atoms with Gasteiger partial charge in [0.2, 0.25) is 0 Å². The highest BCUT2D eigenvalue weighted by molar-refractivity contribution is 7.11. The molecule has 0 radical (unpaired) electrons. The highest BCUT2D eigenvalue weighted by atomic mass is 32.1. The van der Waals surface area contributed by atoms with Crippen molar-refractivity contribution in [3.63, 3.8) is 0 Å². The fraction of sp³-hybridized carbons (Fsp3) is 0. The molecule has 1 nitrogen and oxygen atoms in total. The van der Waals surface area contributed by atoms with Crippen LogP contribution in [0.4, 0.5) is 4.39 Å². The molecule has 3 heteroatoms. The summed E-state index contributed by atoms with van der Waals surface area (Å²) < 4.78 is 13.4. The van der Waals surface area contributed by atoms with Crippen LogP contribution in [0.15, 0.2) is 41.8 Å². The molecule has 78 valence electrons. The summed E-state index contributed by atoms with van der Waals surface area (Å²) in [7, 11) is 0. The fourth-order valence-electron chi connectivity index (χ4n) is 1.34. The normalized spacial score (nSPS) is 11.1. The third kappa shape index (κ3) is 2.18. The lowest BCUT2D eigenvalue weighted by Crippen LogP contribution is -1.82. The maximum atomic E-state index is 13.4. The van der Waals surface area contributed by atoms with E-state index >= 15 is 0 Å². The van der Waals surface area contributed by atoms with Gasteiger partial charge in [-0.05, 0) is 23.6 Å². The summed E-state index contributed by atoms with van der Waals surface area (Å²) in [5.41, 5.74) is 0.924. The van der Waals surface area contributed by atoms with Crippen LogP contribution in [0.2, 0.25) is 0 Å². The van der Waals surface area contributed by atoms with Gasteiger partial charge in [-0.3, -0.25) is 0 Å². The highest BCUT2D eigenvalue weighted by Gasteiger charge is 2.03. The molecule has 0 unspecified atom stereocenters. The summed E-state index contributed by atoms with van der Waals surface area (Å²) >= 11 is 1.47. The van der Waals surface area contributed by atoms with E-state index in [9.17, 15) is 4.39 Å². The molecule has 0 amide bonds. The van der Waals surface area contributed by atoms with Crippen LogP contribution in [0.25, 0.3) is 11.6 Å². The molecule has 2 aromatic rings. The van der Waals surface area contributed by atoms with Crippen molar-refractivity contribution in [1.29, 1.82) is 5.26 Å². The summed E-state index contributed by atoms with van der Waals surface area (Å²) in [4.78, 5) is 0.853. The van der Waals surface area contributed by atoms with Gasteiger partial charge in [0.15, 0.2) is 0 Å². The zero-order chi connectivity index (χ0) is 11.4. The number of hydrogen-bond acceptors (Lipinski definition) is 2. The van der Waals surface area contributed by atoms with Gasteiger partial charge in [-0.25, -0.2) is 4.39 Å². The second-order valence-corrected chi connectivity index (χ2v) is 4.12. The first-order chi connectivity index (χ1) is 7.81. The summed E-state index contributed by atoms with van der Waals surface area (Å²) in [6.45, 7) is 0. The van der Waals surface area contributed by atoms with Crippen LogP contribution < -0.4 is 0 Å². The fourth-order valence-corrected chi connectivity index (χ4v) is 2.03. The zero-order valence-corrected chi connectivity index (χ0v) is 9.17. The van der Waals surface area contributed by atoms with E-state index in [4.69, 9.17) is 5.26 Å². The molecule has 0 spiro atoms. The summed E-state index contributed by atoms with van der Waals surface area (Å²) in [5, 5.41) is 10.9. The van der Waals surface area contributed by atoms with Crippen molar-refractivity contribution in [2.24, 2.45) is 0 Å². The molecule has 0 bridgehead atoms. The van der Waals surface area contributed by atoms with Crippen LogP contribution in [0.3, 0.4) is 0 Å². The largest absolute Gasteiger partial charge is 0.206 e. The van der Waals surface area contributed by atoms with Crippen LogP contribution in [-0.2, 0) is 0 Å². The van der Waals surface area contributed by atoms with Gasteiger partial charge in [0.1, 0.15) is 11.9 Å². The molecule has 16 heavy (non-hydrogen) atoms. The van der Waals surface area contributed by atoms with Crippen molar-refractivity contribution in [1.82, 2.24) is 0 Å². The van der Waals surface area contributed by atoms with Crippen LogP contribution in [0.5, 0.6) is 0 Å². The molecule has 0 aliphatic carbocycles. The zero-order valence-electron chi connectivity index (χ0n) is 8.35. The van der Waals surface area contributed by atoms with Crippen molar-refractivity contribution < 1.29 is 4.39 Å². The summed E-state index contributed by atoms with van der Waals surface area (Å²) in [6, 6.07) is 12.2. The second kappa shape index (κ2) is 4.73. The Morgan fingerprint density at radius 3 is 2.69 bits per heavy atom. The van der Waals surface area contributed by atoms with E-state index in [1.165, 1.54) is 17.4 Å². The molecule has 0 saturated carbocycles. The van der Waals surface area contributed by atoms with E-state index in [0.29, 0.717) is 11.1 Å². The first-order valence-electron chi connectivity index (χ1n) is 4.71. The number of halogens is 1. The van der Waals surface area contributed by atoms with E-state index in [2.05, 4.69) is 6.07 Å². The lowest BCUT2D eigenvalue weighted by Gasteiger charge is -1.97. The molecular formula is C13H8FNS. The SMILES string of the molecule is N#C/C(=C/c1ccccc1F)c1cccs1. The minimum absolute atomic E-state index is 0.313. The van der Waals surface area contributed by atoms with Gasteiger partial charge < -0.3 is 0 Å². The molecule has 0 atom stereocenters. The quantitative estimate of drug-likeness (QED) is 0.715. The van der Waals surface area contributed by atoms with Crippen molar-refractivity contribution in [2.75, 3.05) is 0 Å². The first-order valence-corrected chi connectivity index (χ1v) is 5.59. The van der Waals surface area contributed by atoms with Crippen molar-refractivity contribution >= 4 is 23.0 Å². The number of nitrogens with zero attached hydrogens (tertiary/aromatic N) is 1.